The van der Waals surface area contributed by atoms with Crippen molar-refractivity contribution >= 4 is 17.5 Å². The van der Waals surface area contributed by atoms with Gasteiger partial charge >= 0.3 is 0 Å². The second-order valence-electron chi connectivity index (χ2n) is 9.74. The number of carbonyl (C=O) groups is 2. The number of nitrogens with one attached hydrogen (secondary N) is 2. The van der Waals surface area contributed by atoms with Crippen molar-refractivity contribution in [1.82, 2.24) is 10.3 Å². The third-order valence-electron chi connectivity index (χ3n) is 7.24. The molecule has 194 valence electrons. The number of aryl methyl sites for hydroxylation is 1. The average molecular weight is 510 g/mol. The lowest BCUT2D eigenvalue weighted by molar-refractivity contribution is -0.116. The number of carbonyl (C=O) groups excluding carboxylic acids is 2. The highest BCUT2D eigenvalue weighted by Crippen LogP contribution is 2.46. The van der Waals surface area contributed by atoms with Crippen LogP contribution in [0.4, 0.5) is 5.82 Å². The fourth-order valence-corrected chi connectivity index (χ4v) is 5.33. The Morgan fingerprint density at radius 1 is 0.947 bits per heavy atom. The number of allylic oxidation sites excluding steroid dienone is 3. The van der Waals surface area contributed by atoms with Gasteiger partial charge in [0.2, 0.25) is 0 Å². The monoisotopic (exact) mass is 509 g/mol. The lowest BCUT2D eigenvalue weighted by Crippen LogP contribution is -2.37. The largest absolute Gasteiger partial charge is 0.497 e. The highest BCUT2D eigenvalue weighted by molar-refractivity contribution is 6.09. The summed E-state index contributed by atoms with van der Waals surface area (Å²) >= 11 is 0. The number of hydrogen-bond acceptors (Lipinski definition) is 6. The SMILES string of the molecule is COc1ccc(C2CC(=O)C3=C(C2)NC(C)=C(C(=O)Nc2ccc(C)cn2)C3c2cccc(OC)c2)cc1. The van der Waals surface area contributed by atoms with E-state index in [2.05, 4.69) is 15.6 Å². The quantitative estimate of drug-likeness (QED) is 0.462. The number of amides is 1. The molecule has 2 aliphatic rings. The van der Waals surface area contributed by atoms with Crippen LogP contribution in [-0.2, 0) is 9.59 Å². The van der Waals surface area contributed by atoms with Crippen molar-refractivity contribution < 1.29 is 19.1 Å². The van der Waals surface area contributed by atoms with Crippen LogP contribution in [0.15, 0.2) is 89.4 Å². The maximum atomic E-state index is 13.8. The Morgan fingerprint density at radius 2 is 1.71 bits per heavy atom. The Hall–Kier alpha value is -4.39. The topological polar surface area (TPSA) is 89.5 Å². The minimum Gasteiger partial charge on any atom is -0.497 e. The van der Waals surface area contributed by atoms with Crippen molar-refractivity contribution in [1.29, 1.82) is 0 Å². The molecule has 38 heavy (non-hydrogen) atoms. The average Bonchev–Trinajstić information content (AvgIpc) is 2.93. The second kappa shape index (κ2) is 10.5. The highest BCUT2D eigenvalue weighted by Gasteiger charge is 2.41. The molecule has 7 heteroatoms. The van der Waals surface area contributed by atoms with Crippen molar-refractivity contribution in [3.8, 4) is 11.5 Å². The number of ether oxygens (including phenoxy) is 2. The minimum atomic E-state index is -0.531. The van der Waals surface area contributed by atoms with Gasteiger partial charge in [0.25, 0.3) is 5.91 Å². The Kier molecular flexibility index (Phi) is 7.01. The molecule has 0 saturated heterocycles. The smallest absolute Gasteiger partial charge is 0.255 e. The molecule has 0 bridgehead atoms. The fraction of sp³-hybridized carbons (Fsp3) is 0.258. The van der Waals surface area contributed by atoms with E-state index < -0.39 is 5.92 Å². The molecule has 1 amide bonds. The molecule has 0 spiro atoms. The molecular formula is C31H31N3O4. The van der Waals surface area contributed by atoms with Gasteiger partial charge < -0.3 is 20.1 Å². The first-order valence-corrected chi connectivity index (χ1v) is 12.6. The number of nitrogens with zero attached hydrogens (tertiary/aromatic N) is 1. The zero-order chi connectivity index (χ0) is 26.8. The first kappa shape index (κ1) is 25.3. The summed E-state index contributed by atoms with van der Waals surface area (Å²) in [7, 11) is 3.24. The van der Waals surface area contributed by atoms with Gasteiger partial charge in [-0.15, -0.1) is 0 Å². The molecule has 0 fully saturated rings. The molecule has 3 aromatic rings. The van der Waals surface area contributed by atoms with Gasteiger partial charge in [0.1, 0.15) is 17.3 Å². The molecule has 0 saturated carbocycles. The van der Waals surface area contributed by atoms with Crippen molar-refractivity contribution in [2.75, 3.05) is 19.5 Å². The van der Waals surface area contributed by atoms with Gasteiger partial charge in [-0.1, -0.05) is 30.3 Å². The predicted octanol–water partition coefficient (Wildman–Crippen LogP) is 5.41. The van der Waals surface area contributed by atoms with Crippen LogP contribution in [0.25, 0.3) is 0 Å². The van der Waals surface area contributed by atoms with Crippen molar-refractivity contribution in [3.63, 3.8) is 0 Å². The molecule has 5 rings (SSSR count). The van der Waals surface area contributed by atoms with Crippen LogP contribution in [0.5, 0.6) is 11.5 Å². The number of benzene rings is 2. The van der Waals surface area contributed by atoms with Crippen molar-refractivity contribution in [2.24, 2.45) is 0 Å². The van der Waals surface area contributed by atoms with Gasteiger partial charge in [-0.3, -0.25) is 9.59 Å². The molecule has 1 aliphatic heterocycles. The first-order chi connectivity index (χ1) is 18.4. The number of hydrogen-bond donors (Lipinski definition) is 2. The molecule has 2 heterocycles. The normalized spacial score (nSPS) is 19.0. The maximum Gasteiger partial charge on any atom is 0.255 e. The van der Waals surface area contributed by atoms with E-state index in [0.717, 1.165) is 28.1 Å². The van der Waals surface area contributed by atoms with Gasteiger partial charge in [-0.2, -0.15) is 0 Å². The van der Waals surface area contributed by atoms with Gasteiger partial charge in [0.05, 0.1) is 14.2 Å². The van der Waals surface area contributed by atoms with Gasteiger partial charge in [-0.05, 0) is 73.2 Å². The Morgan fingerprint density at radius 3 is 2.39 bits per heavy atom. The second-order valence-corrected chi connectivity index (χ2v) is 9.74. The van der Waals surface area contributed by atoms with Gasteiger partial charge in [0, 0.05) is 41.1 Å². The molecule has 1 aromatic heterocycles. The summed E-state index contributed by atoms with van der Waals surface area (Å²) in [6.45, 7) is 3.83. The standard InChI is InChI=1S/C31H31N3O4/c1-18-8-13-27(32-17-18)34-31(36)28-19(2)33-25-15-22(20-9-11-23(37-3)12-10-20)16-26(35)30(25)29(28)21-6-5-7-24(14-21)38-4/h5-14,17,22,29,33H,15-16H2,1-4H3,(H,32,34,36). The van der Waals surface area contributed by atoms with Gasteiger partial charge in [-0.25, -0.2) is 4.98 Å². The number of dihydropyridines is 1. The van der Waals surface area contributed by atoms with Crippen LogP contribution in [0.3, 0.4) is 0 Å². The number of ketones is 1. The summed E-state index contributed by atoms with van der Waals surface area (Å²) in [6.07, 6.45) is 2.74. The summed E-state index contributed by atoms with van der Waals surface area (Å²) < 4.78 is 10.8. The Labute approximate surface area is 222 Å². The summed E-state index contributed by atoms with van der Waals surface area (Å²) in [6, 6.07) is 19.1. The zero-order valence-corrected chi connectivity index (χ0v) is 22.0. The summed E-state index contributed by atoms with van der Waals surface area (Å²) in [5.41, 5.74) is 5.62. The van der Waals surface area contributed by atoms with E-state index in [-0.39, 0.29) is 17.6 Å². The van der Waals surface area contributed by atoms with Gasteiger partial charge in [0.15, 0.2) is 5.78 Å². The number of anilines is 1. The molecule has 2 N–H and O–H groups in total. The lowest BCUT2D eigenvalue weighted by atomic mass is 9.71. The van der Waals surface area contributed by atoms with Crippen LogP contribution in [0.2, 0.25) is 0 Å². The number of aromatic nitrogens is 1. The fourth-order valence-electron chi connectivity index (χ4n) is 5.33. The van der Waals surface area contributed by atoms with E-state index >= 15 is 0 Å². The number of pyridine rings is 1. The third kappa shape index (κ3) is 4.92. The third-order valence-corrected chi connectivity index (χ3v) is 7.24. The first-order valence-electron chi connectivity index (χ1n) is 12.6. The van der Waals surface area contributed by atoms with Crippen LogP contribution in [-0.4, -0.2) is 30.9 Å². The van der Waals surface area contributed by atoms with E-state index in [1.807, 2.05) is 68.4 Å². The lowest BCUT2D eigenvalue weighted by Gasteiger charge is -2.37. The molecule has 1 aliphatic carbocycles. The summed E-state index contributed by atoms with van der Waals surface area (Å²) in [5, 5.41) is 6.35. The predicted molar refractivity (Wildman–Crippen MR) is 146 cm³/mol. The van der Waals surface area contributed by atoms with Crippen LogP contribution < -0.4 is 20.1 Å². The minimum absolute atomic E-state index is 0.0265. The van der Waals surface area contributed by atoms with Crippen LogP contribution >= 0.6 is 0 Å². The zero-order valence-electron chi connectivity index (χ0n) is 22.0. The van der Waals surface area contributed by atoms with E-state index in [1.54, 1.807) is 26.5 Å². The summed E-state index contributed by atoms with van der Waals surface area (Å²) in [5.74, 6) is 1.14. The molecule has 2 unspecified atom stereocenters. The van der Waals surface area contributed by atoms with Crippen LogP contribution in [0.1, 0.15) is 48.3 Å². The van der Waals surface area contributed by atoms with Crippen molar-refractivity contribution in [3.05, 3.63) is 106 Å². The van der Waals surface area contributed by atoms with E-state index in [1.165, 1.54) is 0 Å². The Bertz CT molecular complexity index is 1440. The number of rotatable bonds is 6. The molecule has 0 radical (unpaired) electrons. The van der Waals surface area contributed by atoms with E-state index in [4.69, 9.17) is 9.47 Å². The Balaban J connectivity index is 1.55. The number of Topliss-reactive ketones (excluding diaryl/α,β-unsaturated/α-hetero) is 1. The maximum absolute atomic E-state index is 13.8. The number of methoxy groups -OCH3 is 2. The van der Waals surface area contributed by atoms with Crippen LogP contribution in [0, 0.1) is 6.92 Å². The molecule has 2 aromatic carbocycles. The summed E-state index contributed by atoms with van der Waals surface area (Å²) in [4.78, 5) is 31.9. The highest BCUT2D eigenvalue weighted by atomic mass is 16.5. The van der Waals surface area contributed by atoms with E-state index in [9.17, 15) is 9.59 Å². The van der Waals surface area contributed by atoms with E-state index in [0.29, 0.717) is 41.3 Å². The molecule has 7 nitrogen and oxygen atoms in total. The molecule has 2 atom stereocenters. The van der Waals surface area contributed by atoms with Crippen molar-refractivity contribution in [2.45, 2.75) is 38.5 Å². The molecular weight excluding hydrogens is 478 g/mol.